The van der Waals surface area contributed by atoms with Crippen molar-refractivity contribution in [1.82, 2.24) is 10.2 Å². The normalized spacial score (nSPS) is 12.4. The van der Waals surface area contributed by atoms with Crippen molar-refractivity contribution in [2.45, 2.75) is 26.7 Å². The minimum atomic E-state index is -0.932. The number of benzene rings is 1. The van der Waals surface area contributed by atoms with Crippen molar-refractivity contribution in [2.24, 2.45) is 5.92 Å². The first-order valence-electron chi connectivity index (χ1n) is 6.37. The predicted octanol–water partition coefficient (Wildman–Crippen LogP) is 2.98. The molecular formula is C14H14F2N2O3. The maximum Gasteiger partial charge on any atom is 0.303 e. The Bertz CT molecular complexity index is 670. The van der Waals surface area contributed by atoms with E-state index < -0.39 is 17.6 Å². The number of rotatable bonds is 5. The number of carboxylic acid groups (broad SMARTS) is 1. The van der Waals surface area contributed by atoms with Crippen molar-refractivity contribution in [2.75, 3.05) is 0 Å². The molecule has 1 atom stereocenters. The van der Waals surface area contributed by atoms with Gasteiger partial charge < -0.3 is 9.52 Å². The highest BCUT2D eigenvalue weighted by Gasteiger charge is 2.20. The third kappa shape index (κ3) is 3.42. The Morgan fingerprint density at radius 3 is 2.76 bits per heavy atom. The van der Waals surface area contributed by atoms with E-state index in [4.69, 9.17) is 9.52 Å². The molecule has 1 heterocycles. The van der Waals surface area contributed by atoms with Crippen molar-refractivity contribution in [1.29, 1.82) is 0 Å². The maximum absolute atomic E-state index is 13.9. The van der Waals surface area contributed by atoms with Gasteiger partial charge in [0, 0.05) is 12.8 Å². The summed E-state index contributed by atoms with van der Waals surface area (Å²) in [7, 11) is 0. The van der Waals surface area contributed by atoms with Gasteiger partial charge in [0.1, 0.15) is 17.2 Å². The molecule has 0 amide bonds. The first-order chi connectivity index (χ1) is 9.88. The molecule has 112 valence electrons. The molecule has 1 aromatic carbocycles. The second kappa shape index (κ2) is 5.99. The molecule has 0 aliphatic carbocycles. The summed E-state index contributed by atoms with van der Waals surface area (Å²) < 4.78 is 32.9. The Balaban J connectivity index is 2.25. The van der Waals surface area contributed by atoms with E-state index in [1.54, 1.807) is 6.92 Å². The lowest BCUT2D eigenvalue weighted by Gasteiger charge is -2.04. The van der Waals surface area contributed by atoms with Gasteiger partial charge in [-0.2, -0.15) is 0 Å². The van der Waals surface area contributed by atoms with E-state index in [1.165, 1.54) is 13.0 Å². The molecule has 21 heavy (non-hydrogen) atoms. The number of carboxylic acids is 1. The highest BCUT2D eigenvalue weighted by atomic mass is 19.1. The van der Waals surface area contributed by atoms with E-state index in [0.717, 1.165) is 6.07 Å². The van der Waals surface area contributed by atoms with Gasteiger partial charge in [-0.1, -0.05) is 13.0 Å². The fourth-order valence-electron chi connectivity index (χ4n) is 1.96. The summed E-state index contributed by atoms with van der Waals surface area (Å²) in [4.78, 5) is 10.6. The summed E-state index contributed by atoms with van der Waals surface area (Å²) in [6.07, 6.45) is 0.180. The van der Waals surface area contributed by atoms with E-state index in [2.05, 4.69) is 10.2 Å². The molecule has 1 unspecified atom stereocenters. The zero-order chi connectivity index (χ0) is 15.6. The smallest absolute Gasteiger partial charge is 0.303 e. The first-order valence-corrected chi connectivity index (χ1v) is 6.37. The topological polar surface area (TPSA) is 76.2 Å². The SMILES string of the molecule is Cc1ccc(F)c(-c2nnc(CC(C)CC(=O)O)o2)c1F. The fourth-order valence-corrected chi connectivity index (χ4v) is 1.96. The van der Waals surface area contributed by atoms with Crippen LogP contribution < -0.4 is 0 Å². The van der Waals surface area contributed by atoms with E-state index in [0.29, 0.717) is 0 Å². The zero-order valence-corrected chi connectivity index (χ0v) is 11.6. The molecule has 2 rings (SSSR count). The van der Waals surface area contributed by atoms with Gasteiger partial charge >= 0.3 is 5.97 Å². The summed E-state index contributed by atoms with van der Waals surface area (Å²) in [5, 5.41) is 16.0. The highest BCUT2D eigenvalue weighted by molar-refractivity contribution is 5.67. The Hall–Kier alpha value is -2.31. The number of carbonyl (C=O) groups is 1. The predicted molar refractivity (Wildman–Crippen MR) is 69.5 cm³/mol. The summed E-state index contributed by atoms with van der Waals surface area (Å²) in [6, 6.07) is 2.45. The number of aryl methyl sites for hydroxylation is 1. The van der Waals surface area contributed by atoms with Crippen molar-refractivity contribution in [3.63, 3.8) is 0 Å². The van der Waals surface area contributed by atoms with Gasteiger partial charge in [0.2, 0.25) is 5.89 Å². The van der Waals surface area contributed by atoms with Crippen LogP contribution in [0.15, 0.2) is 16.5 Å². The van der Waals surface area contributed by atoms with E-state index in [9.17, 15) is 13.6 Å². The van der Waals surface area contributed by atoms with Gasteiger partial charge in [-0.25, -0.2) is 8.78 Å². The van der Waals surface area contributed by atoms with Crippen LogP contribution in [0.4, 0.5) is 8.78 Å². The molecule has 0 saturated carbocycles. The average molecular weight is 296 g/mol. The van der Waals surface area contributed by atoms with Crippen LogP contribution in [0.2, 0.25) is 0 Å². The largest absolute Gasteiger partial charge is 0.481 e. The number of aromatic nitrogens is 2. The van der Waals surface area contributed by atoms with Gasteiger partial charge in [0.05, 0.1) is 0 Å². The molecule has 5 nitrogen and oxygen atoms in total. The van der Waals surface area contributed by atoms with Crippen molar-refractivity contribution < 1.29 is 23.1 Å². The number of halogens is 2. The van der Waals surface area contributed by atoms with Crippen LogP contribution in [0.25, 0.3) is 11.5 Å². The van der Waals surface area contributed by atoms with Gasteiger partial charge in [-0.05, 0) is 24.5 Å². The molecular weight excluding hydrogens is 282 g/mol. The van der Waals surface area contributed by atoms with Crippen LogP contribution in [-0.2, 0) is 11.2 Å². The minimum absolute atomic E-state index is 0.0507. The fraction of sp³-hybridized carbons (Fsp3) is 0.357. The van der Waals surface area contributed by atoms with Crippen LogP contribution in [0.1, 0.15) is 24.8 Å². The summed E-state index contributed by atoms with van der Waals surface area (Å²) >= 11 is 0. The van der Waals surface area contributed by atoms with E-state index in [-0.39, 0.29) is 41.7 Å². The second-order valence-corrected chi connectivity index (χ2v) is 4.96. The summed E-state index contributed by atoms with van der Waals surface area (Å²) in [6.45, 7) is 3.22. The summed E-state index contributed by atoms with van der Waals surface area (Å²) in [5.74, 6) is -2.78. The number of hydrogen-bond donors (Lipinski definition) is 1. The quantitative estimate of drug-likeness (QED) is 0.918. The lowest BCUT2D eigenvalue weighted by molar-refractivity contribution is -0.137. The molecule has 0 aliphatic heterocycles. The standard InChI is InChI=1S/C14H14F2N2O3/c1-7(6-11(19)20)5-10-17-18-14(21-10)12-9(15)4-3-8(2)13(12)16/h3-4,7H,5-6H2,1-2H3,(H,19,20). The average Bonchev–Trinajstić information content (AvgIpc) is 2.81. The highest BCUT2D eigenvalue weighted by Crippen LogP contribution is 2.27. The van der Waals surface area contributed by atoms with Crippen LogP contribution in [-0.4, -0.2) is 21.3 Å². The van der Waals surface area contributed by atoms with Crippen molar-refractivity contribution >= 4 is 5.97 Å². The third-order valence-electron chi connectivity index (χ3n) is 3.01. The van der Waals surface area contributed by atoms with Crippen LogP contribution in [0.5, 0.6) is 0 Å². The summed E-state index contributed by atoms with van der Waals surface area (Å²) in [5.41, 5.74) is -0.0926. The molecule has 0 bridgehead atoms. The first kappa shape index (κ1) is 15.1. The Kier molecular flexibility index (Phi) is 4.30. The maximum atomic E-state index is 13.9. The Labute approximate surface area is 119 Å². The van der Waals surface area contributed by atoms with Crippen LogP contribution in [0, 0.1) is 24.5 Å². The molecule has 7 heteroatoms. The van der Waals surface area contributed by atoms with E-state index >= 15 is 0 Å². The molecule has 2 aromatic rings. The molecule has 0 fully saturated rings. The van der Waals surface area contributed by atoms with Crippen LogP contribution >= 0.6 is 0 Å². The third-order valence-corrected chi connectivity index (χ3v) is 3.01. The molecule has 1 N–H and O–H groups in total. The van der Waals surface area contributed by atoms with Gasteiger partial charge in [-0.15, -0.1) is 10.2 Å². The number of aliphatic carboxylic acids is 1. The monoisotopic (exact) mass is 296 g/mol. The van der Waals surface area contributed by atoms with Gasteiger partial charge in [0.15, 0.2) is 0 Å². The van der Waals surface area contributed by atoms with Crippen LogP contribution in [0.3, 0.4) is 0 Å². The van der Waals surface area contributed by atoms with Gasteiger partial charge in [-0.3, -0.25) is 4.79 Å². The number of hydrogen-bond acceptors (Lipinski definition) is 4. The molecule has 1 aromatic heterocycles. The molecule has 0 spiro atoms. The molecule has 0 radical (unpaired) electrons. The van der Waals surface area contributed by atoms with Crippen molar-refractivity contribution in [3.05, 3.63) is 35.2 Å². The lowest BCUT2D eigenvalue weighted by Crippen LogP contribution is -2.07. The Morgan fingerprint density at radius 1 is 1.38 bits per heavy atom. The van der Waals surface area contributed by atoms with E-state index in [1.807, 2.05) is 0 Å². The van der Waals surface area contributed by atoms with Crippen molar-refractivity contribution in [3.8, 4) is 11.5 Å². The van der Waals surface area contributed by atoms with Gasteiger partial charge in [0.25, 0.3) is 5.89 Å². The lowest BCUT2D eigenvalue weighted by atomic mass is 10.0. The molecule has 0 aliphatic rings. The minimum Gasteiger partial charge on any atom is -0.481 e. The number of nitrogens with zero attached hydrogens (tertiary/aromatic N) is 2. The Morgan fingerprint density at radius 2 is 2.10 bits per heavy atom. The molecule has 0 saturated heterocycles. The second-order valence-electron chi connectivity index (χ2n) is 4.96. The zero-order valence-electron chi connectivity index (χ0n) is 11.6.